The Balaban J connectivity index is 1.55. The normalized spacial score (nSPS) is 20.3. The molecule has 0 aliphatic carbocycles. The molecule has 38 heavy (non-hydrogen) atoms. The Labute approximate surface area is 220 Å². The monoisotopic (exact) mass is 527 g/mol. The number of carbonyl (C=O) groups excluding carboxylic acids is 1. The van der Waals surface area contributed by atoms with Gasteiger partial charge in [-0.15, -0.1) is 5.10 Å². The van der Waals surface area contributed by atoms with Gasteiger partial charge in [0.1, 0.15) is 5.82 Å². The Morgan fingerprint density at radius 3 is 2.63 bits per heavy atom. The Morgan fingerprint density at radius 2 is 1.92 bits per heavy atom. The molecule has 2 aliphatic rings. The molecule has 1 saturated heterocycles. The highest BCUT2D eigenvalue weighted by Crippen LogP contribution is 2.45. The zero-order chi connectivity index (χ0) is 27.4. The van der Waals surface area contributed by atoms with Crippen molar-refractivity contribution in [3.05, 3.63) is 58.5 Å². The van der Waals surface area contributed by atoms with Crippen LogP contribution in [-0.4, -0.2) is 60.4 Å². The van der Waals surface area contributed by atoms with Gasteiger partial charge in [0.2, 0.25) is 5.91 Å². The first-order valence-electron chi connectivity index (χ1n) is 12.8. The summed E-state index contributed by atoms with van der Waals surface area (Å²) in [4.78, 5) is 17.6. The highest BCUT2D eigenvalue weighted by Gasteiger charge is 2.45. The second-order valence-corrected chi connectivity index (χ2v) is 10.8. The molecular formula is C28H32F3N5O2. The number of hydrogen-bond donors (Lipinski definition) is 1. The number of anilines is 2. The van der Waals surface area contributed by atoms with E-state index >= 15 is 0 Å². The Hall–Kier alpha value is -3.24. The molecule has 7 nitrogen and oxygen atoms in total. The third-order valence-electron chi connectivity index (χ3n) is 7.67. The first kappa shape index (κ1) is 26.4. The van der Waals surface area contributed by atoms with Gasteiger partial charge in [0.05, 0.1) is 42.0 Å². The summed E-state index contributed by atoms with van der Waals surface area (Å²) in [6.07, 6.45) is -3.03. The van der Waals surface area contributed by atoms with Crippen LogP contribution in [0.5, 0.6) is 0 Å². The van der Waals surface area contributed by atoms with Crippen molar-refractivity contribution in [3.63, 3.8) is 0 Å². The standard InChI is InChI=1S/C28H32F3N5O2/c1-15(18-7-6-8-19(24(18)29)25(30)31)32-26-21-12-23-22(11-20(21)16(2)33-34-26)28(3,4)27(37)36(23)14-17-13-35(5)9-10-38-17/h6-8,11-12,15,17,25H,9-10,13-14H2,1-5H3,(H,32,34). The Morgan fingerprint density at radius 1 is 1.18 bits per heavy atom. The second kappa shape index (κ2) is 9.81. The van der Waals surface area contributed by atoms with Crippen molar-refractivity contribution in [1.29, 1.82) is 0 Å². The fourth-order valence-electron chi connectivity index (χ4n) is 5.43. The fourth-order valence-corrected chi connectivity index (χ4v) is 5.43. The van der Waals surface area contributed by atoms with Crippen molar-refractivity contribution in [2.45, 2.75) is 51.7 Å². The molecule has 0 saturated carbocycles. The molecule has 2 unspecified atom stereocenters. The van der Waals surface area contributed by atoms with E-state index in [9.17, 15) is 18.0 Å². The zero-order valence-corrected chi connectivity index (χ0v) is 22.2. The summed E-state index contributed by atoms with van der Waals surface area (Å²) in [6, 6.07) is 7.22. The van der Waals surface area contributed by atoms with Gasteiger partial charge in [-0.3, -0.25) is 4.79 Å². The fraction of sp³-hybridized carbons (Fsp3) is 0.464. The number of fused-ring (bicyclic) bond motifs is 2. The molecule has 0 spiro atoms. The number of nitrogens with one attached hydrogen (secondary N) is 1. The van der Waals surface area contributed by atoms with Crippen LogP contribution in [0.3, 0.4) is 0 Å². The molecule has 1 amide bonds. The number of amides is 1. The van der Waals surface area contributed by atoms with E-state index in [-0.39, 0.29) is 17.6 Å². The summed E-state index contributed by atoms with van der Waals surface area (Å²) < 4.78 is 47.3. The van der Waals surface area contributed by atoms with Crippen LogP contribution in [0.25, 0.3) is 10.8 Å². The number of likely N-dealkylation sites (N-methyl/N-ethyl adjacent to an activating group) is 1. The molecule has 0 radical (unpaired) electrons. The van der Waals surface area contributed by atoms with Crippen molar-refractivity contribution < 1.29 is 22.7 Å². The van der Waals surface area contributed by atoms with Crippen LogP contribution in [-0.2, 0) is 14.9 Å². The summed E-state index contributed by atoms with van der Waals surface area (Å²) in [6.45, 7) is 9.97. The zero-order valence-electron chi connectivity index (χ0n) is 22.2. The first-order chi connectivity index (χ1) is 18.0. The van der Waals surface area contributed by atoms with E-state index in [0.717, 1.165) is 35.8 Å². The molecule has 3 aromatic rings. The van der Waals surface area contributed by atoms with Crippen LogP contribution in [0.2, 0.25) is 0 Å². The average molecular weight is 528 g/mol. The first-order valence-corrected chi connectivity index (χ1v) is 12.8. The number of morpholine rings is 1. The lowest BCUT2D eigenvalue weighted by atomic mass is 9.85. The SMILES string of the molecule is Cc1nnc(NC(C)c2cccc(C(F)F)c2F)c2cc3c(cc12)C(C)(C)C(=O)N3CC1CN(C)CCO1. The predicted molar refractivity (Wildman–Crippen MR) is 140 cm³/mol. The van der Waals surface area contributed by atoms with E-state index in [0.29, 0.717) is 30.0 Å². The summed E-state index contributed by atoms with van der Waals surface area (Å²) in [7, 11) is 2.03. The second-order valence-electron chi connectivity index (χ2n) is 10.8. The maximum absolute atomic E-state index is 14.8. The number of nitrogens with zero attached hydrogens (tertiary/aromatic N) is 4. The summed E-state index contributed by atoms with van der Waals surface area (Å²) in [5.74, 6) is -0.566. The topological polar surface area (TPSA) is 70.6 Å². The lowest BCUT2D eigenvalue weighted by Crippen LogP contribution is -2.48. The minimum Gasteiger partial charge on any atom is -0.374 e. The van der Waals surface area contributed by atoms with Gasteiger partial charge in [0, 0.05) is 35.1 Å². The highest BCUT2D eigenvalue weighted by atomic mass is 19.3. The van der Waals surface area contributed by atoms with Crippen molar-refractivity contribution >= 4 is 28.2 Å². The lowest BCUT2D eigenvalue weighted by molar-refractivity contribution is -0.122. The third kappa shape index (κ3) is 4.49. The minimum absolute atomic E-state index is 0.00744. The van der Waals surface area contributed by atoms with Crippen molar-refractivity contribution in [3.8, 4) is 0 Å². The van der Waals surface area contributed by atoms with Crippen LogP contribution in [0.4, 0.5) is 24.7 Å². The maximum Gasteiger partial charge on any atom is 0.266 e. The van der Waals surface area contributed by atoms with Gasteiger partial charge in [0.25, 0.3) is 6.43 Å². The average Bonchev–Trinajstić information content (AvgIpc) is 3.05. The van der Waals surface area contributed by atoms with Gasteiger partial charge in [-0.25, -0.2) is 13.2 Å². The van der Waals surface area contributed by atoms with Gasteiger partial charge in [0.15, 0.2) is 5.82 Å². The van der Waals surface area contributed by atoms with Crippen LogP contribution >= 0.6 is 0 Å². The highest BCUT2D eigenvalue weighted by molar-refractivity contribution is 6.11. The summed E-state index contributed by atoms with van der Waals surface area (Å²) in [5, 5.41) is 13.3. The van der Waals surface area contributed by atoms with E-state index in [2.05, 4.69) is 20.4 Å². The Bertz CT molecular complexity index is 1400. The molecule has 0 bridgehead atoms. The van der Waals surface area contributed by atoms with Crippen molar-refractivity contribution in [2.24, 2.45) is 0 Å². The van der Waals surface area contributed by atoms with E-state index in [1.165, 1.54) is 12.1 Å². The number of ether oxygens (including phenoxy) is 1. The van der Waals surface area contributed by atoms with Crippen LogP contribution < -0.4 is 10.2 Å². The van der Waals surface area contributed by atoms with E-state index in [1.807, 2.05) is 40.0 Å². The molecule has 2 atom stereocenters. The number of carbonyl (C=O) groups is 1. The number of hydrogen-bond acceptors (Lipinski definition) is 6. The van der Waals surface area contributed by atoms with Gasteiger partial charge in [-0.05, 0) is 52.4 Å². The molecule has 1 aromatic heterocycles. The Kier molecular flexibility index (Phi) is 6.81. The van der Waals surface area contributed by atoms with E-state index < -0.39 is 29.3 Å². The molecule has 5 rings (SSSR count). The largest absolute Gasteiger partial charge is 0.374 e. The number of halogens is 3. The molecular weight excluding hydrogens is 495 g/mol. The predicted octanol–water partition coefficient (Wildman–Crippen LogP) is 5.14. The van der Waals surface area contributed by atoms with Crippen LogP contribution in [0.1, 0.15) is 55.6 Å². The van der Waals surface area contributed by atoms with Gasteiger partial charge < -0.3 is 19.9 Å². The van der Waals surface area contributed by atoms with Crippen LogP contribution in [0, 0.1) is 12.7 Å². The number of rotatable bonds is 6. The van der Waals surface area contributed by atoms with Gasteiger partial charge in [-0.2, -0.15) is 5.10 Å². The van der Waals surface area contributed by atoms with Gasteiger partial charge >= 0.3 is 0 Å². The third-order valence-corrected chi connectivity index (χ3v) is 7.67. The van der Waals surface area contributed by atoms with E-state index in [4.69, 9.17) is 4.74 Å². The number of aromatic nitrogens is 2. The lowest BCUT2D eigenvalue weighted by Gasteiger charge is -2.33. The molecule has 202 valence electrons. The maximum atomic E-state index is 14.8. The molecule has 3 heterocycles. The number of alkyl halides is 2. The van der Waals surface area contributed by atoms with Gasteiger partial charge in [-0.1, -0.05) is 18.2 Å². The smallest absolute Gasteiger partial charge is 0.266 e. The van der Waals surface area contributed by atoms with E-state index in [1.54, 1.807) is 11.8 Å². The molecule has 10 heteroatoms. The number of aryl methyl sites for hydroxylation is 1. The molecule has 2 aliphatic heterocycles. The summed E-state index contributed by atoms with van der Waals surface area (Å²) >= 11 is 0. The molecule has 1 fully saturated rings. The molecule has 2 aromatic carbocycles. The quantitative estimate of drug-likeness (QED) is 0.479. The number of benzene rings is 2. The van der Waals surface area contributed by atoms with Crippen molar-refractivity contribution in [2.75, 3.05) is 43.5 Å². The molecule has 1 N–H and O–H groups in total. The minimum atomic E-state index is -2.91. The summed E-state index contributed by atoms with van der Waals surface area (Å²) in [5.41, 5.74) is 1.09. The van der Waals surface area contributed by atoms with Crippen molar-refractivity contribution in [1.82, 2.24) is 15.1 Å². The van der Waals surface area contributed by atoms with Crippen LogP contribution in [0.15, 0.2) is 30.3 Å².